The van der Waals surface area contributed by atoms with E-state index in [1.165, 1.54) is 6.07 Å². The molecule has 2 aromatic heterocycles. The lowest BCUT2D eigenvalue weighted by molar-refractivity contribution is 0.0600. The number of hydrogen-bond acceptors (Lipinski definition) is 6. The molecule has 1 aliphatic rings. The molecule has 8 heteroatoms. The first-order valence-corrected chi connectivity index (χ1v) is 10.3. The summed E-state index contributed by atoms with van der Waals surface area (Å²) in [6.07, 6.45) is -0.642. The highest BCUT2D eigenvalue weighted by Gasteiger charge is 2.22. The number of hydrogen-bond donors (Lipinski definition) is 2. The molecular weight excluding hydrogens is 382 g/mol. The molecule has 0 aliphatic carbocycles. The van der Waals surface area contributed by atoms with Crippen LogP contribution in [0.25, 0.3) is 16.7 Å². The van der Waals surface area contributed by atoms with Crippen molar-refractivity contribution in [3.05, 3.63) is 51.8 Å². The smallest absolute Gasteiger partial charge is 0.257 e. The Balaban J connectivity index is 1.65. The fourth-order valence-corrected chi connectivity index (χ4v) is 4.42. The average Bonchev–Trinajstić information content (AvgIpc) is 3.05. The standard InChI is InChI=1S/C22H27N5O3/c1-16-12-21(30)27-20-5-3-2-4-19(20)26(22(27)18(16)13-23)15-17(29)14-25-8-6-24(7-9-25)10-11-28/h2-5,12,17,28-29H,6-11,14-15H2,1H3/t17-/m1/s1. The van der Waals surface area contributed by atoms with Crippen molar-refractivity contribution in [2.24, 2.45) is 0 Å². The maximum absolute atomic E-state index is 12.7. The minimum atomic E-state index is -0.642. The van der Waals surface area contributed by atoms with Gasteiger partial charge in [0, 0.05) is 45.3 Å². The van der Waals surface area contributed by atoms with Crippen LogP contribution in [-0.4, -0.2) is 81.0 Å². The summed E-state index contributed by atoms with van der Waals surface area (Å²) in [5.74, 6) is 0. The lowest BCUT2D eigenvalue weighted by Crippen LogP contribution is -2.49. The quantitative estimate of drug-likeness (QED) is 0.612. The van der Waals surface area contributed by atoms with E-state index in [9.17, 15) is 15.2 Å². The first kappa shape index (κ1) is 20.6. The second-order valence-corrected chi connectivity index (χ2v) is 7.93. The summed E-state index contributed by atoms with van der Waals surface area (Å²) in [6.45, 7) is 6.85. The van der Waals surface area contributed by atoms with Crippen molar-refractivity contribution in [1.82, 2.24) is 18.8 Å². The maximum atomic E-state index is 12.7. The molecule has 0 saturated carbocycles. The van der Waals surface area contributed by atoms with Gasteiger partial charge in [-0.1, -0.05) is 12.1 Å². The Kier molecular flexibility index (Phi) is 5.88. The molecule has 1 aromatic carbocycles. The zero-order chi connectivity index (χ0) is 21.3. The molecule has 0 bridgehead atoms. The molecule has 158 valence electrons. The Morgan fingerprint density at radius 3 is 2.43 bits per heavy atom. The monoisotopic (exact) mass is 409 g/mol. The van der Waals surface area contributed by atoms with Gasteiger partial charge in [-0.05, 0) is 24.6 Å². The number of aliphatic hydroxyl groups excluding tert-OH is 2. The fraction of sp³-hybridized carbons (Fsp3) is 0.455. The minimum Gasteiger partial charge on any atom is -0.395 e. The Bertz CT molecular complexity index is 1150. The van der Waals surface area contributed by atoms with E-state index in [0.29, 0.717) is 36.4 Å². The molecule has 8 nitrogen and oxygen atoms in total. The molecule has 1 atom stereocenters. The van der Waals surface area contributed by atoms with Crippen molar-refractivity contribution in [1.29, 1.82) is 5.26 Å². The summed E-state index contributed by atoms with van der Waals surface area (Å²) in [6, 6.07) is 11.3. The third-order valence-electron chi connectivity index (χ3n) is 5.91. The van der Waals surface area contributed by atoms with Crippen molar-refractivity contribution in [2.75, 3.05) is 45.9 Å². The number of aliphatic hydroxyl groups is 2. The highest BCUT2D eigenvalue weighted by Crippen LogP contribution is 2.24. The van der Waals surface area contributed by atoms with Crippen LogP contribution in [0.1, 0.15) is 11.1 Å². The minimum absolute atomic E-state index is 0.163. The van der Waals surface area contributed by atoms with E-state index >= 15 is 0 Å². The number of aromatic nitrogens is 2. The van der Waals surface area contributed by atoms with E-state index in [4.69, 9.17) is 5.11 Å². The number of imidazole rings is 1. The Hall–Kier alpha value is -2.70. The Morgan fingerprint density at radius 2 is 1.77 bits per heavy atom. The number of pyridine rings is 1. The van der Waals surface area contributed by atoms with E-state index < -0.39 is 6.10 Å². The zero-order valence-corrected chi connectivity index (χ0v) is 17.2. The molecule has 0 spiro atoms. The lowest BCUT2D eigenvalue weighted by Gasteiger charge is -2.35. The van der Waals surface area contributed by atoms with Crippen molar-refractivity contribution in [2.45, 2.75) is 19.6 Å². The van der Waals surface area contributed by atoms with Gasteiger partial charge in [0.25, 0.3) is 5.56 Å². The normalized spacial score (nSPS) is 16.9. The average molecular weight is 409 g/mol. The molecule has 4 rings (SSSR count). The maximum Gasteiger partial charge on any atom is 0.257 e. The third-order valence-corrected chi connectivity index (χ3v) is 5.91. The van der Waals surface area contributed by atoms with Crippen LogP contribution in [0.5, 0.6) is 0 Å². The lowest BCUT2D eigenvalue weighted by atomic mass is 10.1. The van der Waals surface area contributed by atoms with E-state index in [0.717, 1.165) is 37.2 Å². The summed E-state index contributed by atoms with van der Waals surface area (Å²) in [5.41, 5.74) is 3.01. The highest BCUT2D eigenvalue weighted by molar-refractivity contribution is 5.84. The topological polar surface area (TPSA) is 97.1 Å². The van der Waals surface area contributed by atoms with Crippen LogP contribution in [0.3, 0.4) is 0 Å². The summed E-state index contributed by atoms with van der Waals surface area (Å²) in [7, 11) is 0. The molecule has 30 heavy (non-hydrogen) atoms. The number of rotatable bonds is 6. The Morgan fingerprint density at radius 1 is 1.10 bits per heavy atom. The van der Waals surface area contributed by atoms with Crippen molar-refractivity contribution in [3.63, 3.8) is 0 Å². The van der Waals surface area contributed by atoms with Gasteiger partial charge in [0.05, 0.1) is 35.9 Å². The summed E-state index contributed by atoms with van der Waals surface area (Å²) in [5, 5.41) is 29.7. The first-order valence-electron chi connectivity index (χ1n) is 10.3. The van der Waals surface area contributed by atoms with Crippen LogP contribution in [-0.2, 0) is 6.54 Å². The number of nitriles is 1. The molecule has 1 fully saturated rings. The van der Waals surface area contributed by atoms with Crippen LogP contribution in [0.2, 0.25) is 0 Å². The van der Waals surface area contributed by atoms with Crippen molar-refractivity contribution >= 4 is 16.7 Å². The van der Waals surface area contributed by atoms with Crippen LogP contribution in [0.4, 0.5) is 0 Å². The molecule has 0 unspecified atom stereocenters. The predicted octanol–water partition coefficient (Wildman–Crippen LogP) is 0.405. The molecule has 0 radical (unpaired) electrons. The van der Waals surface area contributed by atoms with Crippen molar-refractivity contribution < 1.29 is 10.2 Å². The summed E-state index contributed by atoms with van der Waals surface area (Å²) >= 11 is 0. The van der Waals surface area contributed by atoms with Crippen LogP contribution >= 0.6 is 0 Å². The van der Waals surface area contributed by atoms with Gasteiger partial charge >= 0.3 is 0 Å². The van der Waals surface area contributed by atoms with Crippen LogP contribution in [0, 0.1) is 18.3 Å². The fourth-order valence-electron chi connectivity index (χ4n) is 4.42. The van der Waals surface area contributed by atoms with Gasteiger partial charge in [-0.2, -0.15) is 5.26 Å². The second kappa shape index (κ2) is 8.58. The first-order chi connectivity index (χ1) is 14.5. The molecule has 1 saturated heterocycles. The highest BCUT2D eigenvalue weighted by atomic mass is 16.3. The molecule has 1 aliphatic heterocycles. The van der Waals surface area contributed by atoms with Gasteiger partial charge in [-0.3, -0.25) is 19.0 Å². The molecule has 2 N–H and O–H groups in total. The van der Waals surface area contributed by atoms with E-state index in [-0.39, 0.29) is 12.2 Å². The molecule has 0 amide bonds. The van der Waals surface area contributed by atoms with E-state index in [1.807, 2.05) is 28.8 Å². The van der Waals surface area contributed by atoms with Gasteiger partial charge < -0.3 is 14.8 Å². The van der Waals surface area contributed by atoms with Gasteiger partial charge in [0.1, 0.15) is 11.7 Å². The predicted molar refractivity (Wildman–Crippen MR) is 115 cm³/mol. The number of nitrogens with zero attached hydrogens (tertiary/aromatic N) is 5. The van der Waals surface area contributed by atoms with Gasteiger partial charge in [-0.15, -0.1) is 0 Å². The van der Waals surface area contributed by atoms with E-state index in [2.05, 4.69) is 15.9 Å². The summed E-state index contributed by atoms with van der Waals surface area (Å²) in [4.78, 5) is 17.2. The largest absolute Gasteiger partial charge is 0.395 e. The number of para-hydroxylation sites is 2. The van der Waals surface area contributed by atoms with Crippen LogP contribution in [0.15, 0.2) is 35.1 Å². The SMILES string of the molecule is Cc1cc(=O)n2c3ccccc3n(C[C@H](O)CN3CCN(CCO)CC3)c2c1C#N. The second-order valence-electron chi connectivity index (χ2n) is 7.93. The molecule has 3 heterocycles. The number of piperazine rings is 1. The number of aryl methyl sites for hydroxylation is 1. The van der Waals surface area contributed by atoms with Crippen LogP contribution < -0.4 is 5.56 Å². The Labute approximate surface area is 174 Å². The van der Waals surface area contributed by atoms with Gasteiger partial charge in [0.2, 0.25) is 0 Å². The zero-order valence-electron chi connectivity index (χ0n) is 17.2. The third kappa shape index (κ3) is 3.73. The number of benzene rings is 1. The van der Waals surface area contributed by atoms with Crippen molar-refractivity contribution in [3.8, 4) is 6.07 Å². The van der Waals surface area contributed by atoms with Gasteiger partial charge in [0.15, 0.2) is 0 Å². The molecule has 3 aromatic rings. The summed E-state index contributed by atoms with van der Waals surface area (Å²) < 4.78 is 3.47. The van der Waals surface area contributed by atoms with Gasteiger partial charge in [-0.25, -0.2) is 0 Å². The van der Waals surface area contributed by atoms with E-state index in [1.54, 1.807) is 11.3 Å². The number of β-amino-alcohol motifs (C(OH)–C–C–N with tert-alkyl or cyclic N) is 2. The number of fused-ring (bicyclic) bond motifs is 3. The molecular formula is C22H27N5O3.